The lowest BCUT2D eigenvalue weighted by Gasteiger charge is -2.46. The molecule has 0 saturated carbocycles. The number of nitrogens with zero attached hydrogens (tertiary/aromatic N) is 2. The van der Waals surface area contributed by atoms with Gasteiger partial charge in [-0.25, -0.2) is 4.79 Å². The molecule has 1 spiro atoms. The van der Waals surface area contributed by atoms with Crippen LogP contribution in [0.4, 0.5) is 13.2 Å². The zero-order valence-corrected chi connectivity index (χ0v) is 20.3. The van der Waals surface area contributed by atoms with Crippen molar-refractivity contribution in [1.29, 1.82) is 0 Å². The smallest absolute Gasteiger partial charge is 0.487 e. The molecular weight excluding hydrogens is 475 g/mol. The number of carboxylic acids is 1. The van der Waals surface area contributed by atoms with E-state index in [9.17, 15) is 18.3 Å². The number of hydrogen-bond donors (Lipinski definition) is 3. The number of likely N-dealkylation sites (N-methyl/N-ethyl adjacent to an activating group) is 1. The van der Waals surface area contributed by atoms with E-state index in [2.05, 4.69) is 47.2 Å². The van der Waals surface area contributed by atoms with Crippen molar-refractivity contribution in [3.8, 4) is 5.75 Å². The zero-order valence-electron chi connectivity index (χ0n) is 20.3. The fraction of sp³-hybridized carbons (Fsp3) is 0.500. The van der Waals surface area contributed by atoms with Crippen molar-refractivity contribution in [2.45, 2.75) is 49.7 Å². The second kappa shape index (κ2) is 12.1. The Labute approximate surface area is 209 Å². The normalized spacial score (nSPS) is 20.1. The minimum absolute atomic E-state index is 0.0451. The van der Waals surface area contributed by atoms with Crippen LogP contribution < -0.4 is 10.5 Å². The Morgan fingerprint density at radius 3 is 2.36 bits per heavy atom. The molecule has 0 aliphatic carbocycles. The number of rotatable bonds is 6. The number of para-hydroxylation sites is 1. The molecule has 0 bridgehead atoms. The van der Waals surface area contributed by atoms with Gasteiger partial charge in [-0.15, -0.1) is 0 Å². The highest BCUT2D eigenvalue weighted by Gasteiger charge is 2.42. The van der Waals surface area contributed by atoms with E-state index in [-0.39, 0.29) is 17.7 Å². The van der Waals surface area contributed by atoms with Gasteiger partial charge in [0.15, 0.2) is 0 Å². The average Bonchev–Trinajstić information content (AvgIpc) is 2.81. The quantitative estimate of drug-likeness (QED) is 0.549. The Morgan fingerprint density at radius 2 is 1.75 bits per heavy atom. The Balaban J connectivity index is 0.000000454. The van der Waals surface area contributed by atoms with Crippen molar-refractivity contribution in [2.24, 2.45) is 5.73 Å². The van der Waals surface area contributed by atoms with Crippen molar-refractivity contribution in [2.75, 3.05) is 33.2 Å². The van der Waals surface area contributed by atoms with Gasteiger partial charge in [-0.3, -0.25) is 4.90 Å². The minimum atomic E-state index is -5.08. The molecule has 2 unspecified atom stereocenters. The highest BCUT2D eigenvalue weighted by atomic mass is 19.4. The van der Waals surface area contributed by atoms with Crippen molar-refractivity contribution in [1.82, 2.24) is 9.80 Å². The van der Waals surface area contributed by atoms with Gasteiger partial charge >= 0.3 is 12.1 Å². The van der Waals surface area contributed by atoms with Gasteiger partial charge < -0.3 is 25.6 Å². The summed E-state index contributed by atoms with van der Waals surface area (Å²) < 4.78 is 38.2. The van der Waals surface area contributed by atoms with Crippen molar-refractivity contribution < 1.29 is 32.9 Å². The topological polar surface area (TPSA) is 99.3 Å². The van der Waals surface area contributed by atoms with Crippen LogP contribution in [0, 0.1) is 0 Å². The van der Waals surface area contributed by atoms with Crippen LogP contribution in [0.1, 0.15) is 36.4 Å². The third-order valence-electron chi connectivity index (χ3n) is 6.53. The van der Waals surface area contributed by atoms with E-state index in [1.54, 1.807) is 0 Å². The van der Waals surface area contributed by atoms with Crippen LogP contribution in [0.15, 0.2) is 54.6 Å². The lowest BCUT2D eigenvalue weighted by molar-refractivity contribution is -0.192. The SMILES string of the molecule is CN(Cc1ccccc1)CC(O)CN1CCC2(CC1)CC(N)c1ccccc1O2.O=C(O)C(F)(F)F. The molecule has 4 N–H and O–H groups in total. The molecule has 10 heteroatoms. The summed E-state index contributed by atoms with van der Waals surface area (Å²) in [6.45, 7) is 4.11. The summed E-state index contributed by atoms with van der Waals surface area (Å²) in [5, 5.41) is 17.7. The molecule has 0 amide bonds. The number of carboxylic acid groups (broad SMARTS) is 1. The van der Waals surface area contributed by atoms with E-state index in [0.29, 0.717) is 13.1 Å². The summed E-state index contributed by atoms with van der Waals surface area (Å²) in [7, 11) is 2.07. The molecule has 7 nitrogen and oxygen atoms in total. The molecule has 2 atom stereocenters. The summed E-state index contributed by atoms with van der Waals surface area (Å²) in [6, 6.07) is 18.6. The van der Waals surface area contributed by atoms with Gasteiger partial charge in [0.05, 0.1) is 6.10 Å². The molecule has 1 fully saturated rings. The summed E-state index contributed by atoms with van der Waals surface area (Å²) in [5.74, 6) is -1.81. The maximum atomic E-state index is 10.6. The molecule has 2 aromatic carbocycles. The van der Waals surface area contributed by atoms with E-state index >= 15 is 0 Å². The van der Waals surface area contributed by atoms with E-state index in [1.807, 2.05) is 24.3 Å². The minimum Gasteiger partial charge on any atom is -0.487 e. The fourth-order valence-electron chi connectivity index (χ4n) is 4.79. The van der Waals surface area contributed by atoms with Crippen LogP contribution in [0.5, 0.6) is 5.75 Å². The Hall–Kier alpha value is -2.66. The van der Waals surface area contributed by atoms with Gasteiger partial charge in [0, 0.05) is 50.7 Å². The number of carbonyl (C=O) groups is 1. The van der Waals surface area contributed by atoms with Crippen molar-refractivity contribution >= 4 is 5.97 Å². The molecule has 198 valence electrons. The molecule has 1 saturated heterocycles. The Bertz CT molecular complexity index is 982. The number of hydrogen-bond acceptors (Lipinski definition) is 6. The van der Waals surface area contributed by atoms with Gasteiger partial charge in [0.1, 0.15) is 11.4 Å². The molecule has 0 radical (unpaired) electrons. The first kappa shape index (κ1) is 27.9. The van der Waals surface area contributed by atoms with Gasteiger partial charge in [0.25, 0.3) is 0 Å². The maximum absolute atomic E-state index is 10.6. The lowest BCUT2D eigenvalue weighted by Crippen LogP contribution is -2.53. The largest absolute Gasteiger partial charge is 0.490 e. The average molecular weight is 510 g/mol. The number of nitrogens with two attached hydrogens (primary N) is 1. The summed E-state index contributed by atoms with van der Waals surface area (Å²) in [6.07, 6.45) is -2.64. The summed E-state index contributed by atoms with van der Waals surface area (Å²) >= 11 is 0. The van der Waals surface area contributed by atoms with Crippen molar-refractivity contribution in [3.63, 3.8) is 0 Å². The third-order valence-corrected chi connectivity index (χ3v) is 6.53. The first-order chi connectivity index (χ1) is 17.0. The predicted molar refractivity (Wildman–Crippen MR) is 129 cm³/mol. The van der Waals surface area contributed by atoms with Crippen LogP contribution >= 0.6 is 0 Å². The summed E-state index contributed by atoms with van der Waals surface area (Å²) in [5.41, 5.74) is 8.69. The molecule has 2 aromatic rings. The molecule has 2 heterocycles. The standard InChI is InChI=1S/C24H33N3O2.C2HF3O2/c1-26(16-19-7-3-2-4-8-19)17-20(28)18-27-13-11-24(12-14-27)15-22(25)21-9-5-6-10-23(21)29-24;3-2(4,5)1(6)7/h2-10,20,22,28H,11-18,25H2,1H3;(H,6,7). The van der Waals surface area contributed by atoms with E-state index in [0.717, 1.165) is 50.2 Å². The first-order valence-electron chi connectivity index (χ1n) is 11.9. The zero-order chi connectivity index (χ0) is 26.3. The number of benzene rings is 2. The lowest BCUT2D eigenvalue weighted by atomic mass is 9.81. The summed E-state index contributed by atoms with van der Waals surface area (Å²) in [4.78, 5) is 13.4. The second-order valence-corrected chi connectivity index (χ2v) is 9.57. The van der Waals surface area contributed by atoms with E-state index < -0.39 is 12.1 Å². The fourth-order valence-corrected chi connectivity index (χ4v) is 4.79. The Kier molecular flexibility index (Phi) is 9.35. The van der Waals surface area contributed by atoms with Crippen LogP contribution in [-0.4, -0.2) is 77.1 Å². The van der Waals surface area contributed by atoms with Gasteiger partial charge in [-0.1, -0.05) is 48.5 Å². The number of alkyl halides is 3. The maximum Gasteiger partial charge on any atom is 0.490 e. The van der Waals surface area contributed by atoms with Crippen LogP contribution in [0.25, 0.3) is 0 Å². The Morgan fingerprint density at radius 1 is 1.17 bits per heavy atom. The number of ether oxygens (including phenoxy) is 1. The number of aliphatic hydroxyl groups is 1. The highest BCUT2D eigenvalue weighted by Crippen LogP contribution is 2.43. The van der Waals surface area contributed by atoms with E-state index in [4.69, 9.17) is 20.4 Å². The number of aliphatic hydroxyl groups excluding tert-OH is 1. The van der Waals surface area contributed by atoms with Crippen LogP contribution in [-0.2, 0) is 11.3 Å². The van der Waals surface area contributed by atoms with Gasteiger partial charge in [-0.2, -0.15) is 13.2 Å². The monoisotopic (exact) mass is 509 g/mol. The molecular formula is C26H34F3N3O4. The second-order valence-electron chi connectivity index (χ2n) is 9.57. The number of β-amino-alcohol motifs (C(OH)–C–C–N with tert-alkyl or cyclic N) is 1. The molecule has 4 rings (SSSR count). The first-order valence-corrected chi connectivity index (χ1v) is 11.9. The van der Waals surface area contributed by atoms with Crippen LogP contribution in [0.2, 0.25) is 0 Å². The molecule has 0 aromatic heterocycles. The van der Waals surface area contributed by atoms with Gasteiger partial charge in [0.2, 0.25) is 0 Å². The molecule has 2 aliphatic heterocycles. The predicted octanol–water partition coefficient (Wildman–Crippen LogP) is 3.43. The van der Waals surface area contributed by atoms with Gasteiger partial charge in [-0.05, 0) is 31.5 Å². The number of halogens is 3. The number of aliphatic carboxylic acids is 1. The molecule has 36 heavy (non-hydrogen) atoms. The number of likely N-dealkylation sites (tertiary alicyclic amines) is 1. The van der Waals surface area contributed by atoms with E-state index in [1.165, 1.54) is 5.56 Å². The highest BCUT2D eigenvalue weighted by molar-refractivity contribution is 5.73. The number of fused-ring (bicyclic) bond motifs is 1. The van der Waals surface area contributed by atoms with Crippen LogP contribution in [0.3, 0.4) is 0 Å². The third kappa shape index (κ3) is 7.92. The molecule has 2 aliphatic rings. The number of piperidine rings is 1. The van der Waals surface area contributed by atoms with Crippen molar-refractivity contribution in [3.05, 3.63) is 65.7 Å².